The molecule has 3 heteroatoms. The average Bonchev–Trinajstić information content (AvgIpc) is 1.69. The third kappa shape index (κ3) is 2.10. The van der Waals surface area contributed by atoms with Crippen LogP contribution in [0, 0.1) is 5.41 Å². The first-order valence-corrected chi connectivity index (χ1v) is 2.08. The first-order chi connectivity index (χ1) is 3.39. The third-order valence-electron chi connectivity index (χ3n) is 0.709. The number of hydrogen-bond donors (Lipinski definition) is 2. The van der Waals surface area contributed by atoms with E-state index in [9.17, 15) is 0 Å². The van der Waals surface area contributed by atoms with E-state index in [2.05, 4.69) is 4.98 Å². The minimum absolute atomic E-state index is 0. The standard InChI is InChI=1S/C5H6N2.Ti/c6-5-3-1-2-4-7-5;/h1-4H,(H2,6,7);. The van der Waals surface area contributed by atoms with E-state index in [4.69, 9.17) is 5.41 Å². The molecule has 0 aliphatic rings. The van der Waals surface area contributed by atoms with Crippen molar-refractivity contribution in [2.45, 2.75) is 0 Å². The molecule has 0 saturated heterocycles. The van der Waals surface area contributed by atoms with Crippen LogP contribution in [0.4, 0.5) is 0 Å². The van der Waals surface area contributed by atoms with Crippen molar-refractivity contribution in [1.82, 2.24) is 4.98 Å². The largest absolute Gasteiger partial charge is 0.347 e. The van der Waals surface area contributed by atoms with Crippen LogP contribution in [0.5, 0.6) is 0 Å². The van der Waals surface area contributed by atoms with Gasteiger partial charge in [-0.3, -0.25) is 5.41 Å². The first kappa shape index (κ1) is 7.66. The normalized spacial score (nSPS) is 7.50. The van der Waals surface area contributed by atoms with Crippen LogP contribution < -0.4 is 5.49 Å². The molecule has 0 unspecified atom stereocenters. The second-order valence-electron chi connectivity index (χ2n) is 1.28. The summed E-state index contributed by atoms with van der Waals surface area (Å²) in [6, 6.07) is 5.36. The van der Waals surface area contributed by atoms with Gasteiger partial charge in [-0.05, 0) is 12.1 Å². The van der Waals surface area contributed by atoms with E-state index in [1.165, 1.54) is 0 Å². The maximum atomic E-state index is 6.94. The van der Waals surface area contributed by atoms with E-state index in [1.807, 2.05) is 12.1 Å². The Hall–Kier alpha value is -0.336. The van der Waals surface area contributed by atoms with Crippen LogP contribution in [-0.2, 0) is 21.7 Å². The molecule has 0 spiro atoms. The Kier molecular flexibility index (Phi) is 3.49. The van der Waals surface area contributed by atoms with E-state index >= 15 is 0 Å². The van der Waals surface area contributed by atoms with Crippen molar-refractivity contribution < 1.29 is 21.7 Å². The van der Waals surface area contributed by atoms with Crippen molar-refractivity contribution in [3.63, 3.8) is 0 Å². The molecular formula is C5H6N2Ti. The van der Waals surface area contributed by atoms with Gasteiger partial charge in [-0.15, -0.1) is 0 Å². The number of aromatic amines is 1. The van der Waals surface area contributed by atoms with E-state index in [1.54, 1.807) is 12.3 Å². The second kappa shape index (κ2) is 3.64. The number of hydrogen-bond acceptors (Lipinski definition) is 1. The Labute approximate surface area is 62.3 Å². The molecule has 2 nitrogen and oxygen atoms in total. The molecule has 2 N–H and O–H groups in total. The quantitative estimate of drug-likeness (QED) is 0.495. The summed E-state index contributed by atoms with van der Waals surface area (Å²) >= 11 is 0. The summed E-state index contributed by atoms with van der Waals surface area (Å²) in [6.45, 7) is 0. The second-order valence-corrected chi connectivity index (χ2v) is 1.28. The number of aromatic nitrogens is 1. The Balaban J connectivity index is 0.000000490. The van der Waals surface area contributed by atoms with Crippen molar-refractivity contribution >= 4 is 0 Å². The summed E-state index contributed by atoms with van der Waals surface area (Å²) in [5.74, 6) is 0. The molecule has 1 heterocycles. The molecule has 0 amide bonds. The zero-order chi connectivity index (χ0) is 5.11. The van der Waals surface area contributed by atoms with Crippen molar-refractivity contribution in [2.75, 3.05) is 0 Å². The number of nitrogens with one attached hydrogen (secondary N) is 2. The third-order valence-corrected chi connectivity index (χ3v) is 0.709. The van der Waals surface area contributed by atoms with Crippen molar-refractivity contribution in [2.24, 2.45) is 0 Å². The van der Waals surface area contributed by atoms with Crippen LogP contribution in [0.25, 0.3) is 0 Å². The predicted molar refractivity (Wildman–Crippen MR) is 26.6 cm³/mol. The molecule has 0 aliphatic heterocycles. The average molecular weight is 142 g/mol. The maximum Gasteiger partial charge on any atom is 0.121 e. The Bertz CT molecular complexity index is 176. The predicted octanol–water partition coefficient (Wildman–Crippen LogP) is 0.492. The molecule has 0 atom stereocenters. The summed E-state index contributed by atoms with van der Waals surface area (Å²) < 4.78 is 0. The van der Waals surface area contributed by atoms with Gasteiger partial charge in [-0.1, -0.05) is 6.07 Å². The summed E-state index contributed by atoms with van der Waals surface area (Å²) in [5, 5.41) is 6.94. The number of rotatable bonds is 0. The molecule has 0 fully saturated rings. The fourth-order valence-electron chi connectivity index (χ4n) is 0.393. The van der Waals surface area contributed by atoms with Gasteiger partial charge < -0.3 is 4.98 Å². The van der Waals surface area contributed by atoms with Gasteiger partial charge in [0.1, 0.15) is 5.49 Å². The molecule has 0 saturated carbocycles. The minimum Gasteiger partial charge on any atom is -0.347 e. The minimum atomic E-state index is 0. The smallest absolute Gasteiger partial charge is 0.121 e. The SMILES string of the molecule is N=c1cccc[nH]1.[Ti]. The van der Waals surface area contributed by atoms with Gasteiger partial charge in [0.25, 0.3) is 0 Å². The monoisotopic (exact) mass is 142 g/mol. The molecule has 0 bridgehead atoms. The van der Waals surface area contributed by atoms with E-state index < -0.39 is 0 Å². The summed E-state index contributed by atoms with van der Waals surface area (Å²) in [6.07, 6.45) is 1.72. The van der Waals surface area contributed by atoms with Gasteiger partial charge in [0.05, 0.1) is 0 Å². The number of H-pyrrole nitrogens is 1. The Morgan fingerprint density at radius 2 is 2.12 bits per heavy atom. The van der Waals surface area contributed by atoms with E-state index in [-0.39, 0.29) is 21.7 Å². The van der Waals surface area contributed by atoms with Gasteiger partial charge in [0.15, 0.2) is 0 Å². The summed E-state index contributed by atoms with van der Waals surface area (Å²) in [7, 11) is 0. The molecule has 0 radical (unpaired) electrons. The molecule has 1 aromatic heterocycles. The van der Waals surface area contributed by atoms with Crippen LogP contribution >= 0.6 is 0 Å². The van der Waals surface area contributed by atoms with Crippen LogP contribution in [0.15, 0.2) is 24.4 Å². The molecule has 8 heavy (non-hydrogen) atoms. The Morgan fingerprint density at radius 1 is 1.38 bits per heavy atom. The van der Waals surface area contributed by atoms with Crippen LogP contribution in [0.2, 0.25) is 0 Å². The van der Waals surface area contributed by atoms with Gasteiger partial charge in [0, 0.05) is 27.9 Å². The molecular weight excluding hydrogens is 136 g/mol. The summed E-state index contributed by atoms with van der Waals surface area (Å²) in [5.41, 5.74) is 0.447. The van der Waals surface area contributed by atoms with Gasteiger partial charge in [-0.25, -0.2) is 0 Å². The van der Waals surface area contributed by atoms with Crippen LogP contribution in [0.3, 0.4) is 0 Å². The fraction of sp³-hybridized carbons (Fsp3) is 0. The molecule has 1 aromatic rings. The summed E-state index contributed by atoms with van der Waals surface area (Å²) in [4.78, 5) is 2.70. The van der Waals surface area contributed by atoms with E-state index in [0.29, 0.717) is 5.49 Å². The molecule has 40 valence electrons. The van der Waals surface area contributed by atoms with Gasteiger partial charge >= 0.3 is 0 Å². The van der Waals surface area contributed by atoms with Crippen molar-refractivity contribution in [3.05, 3.63) is 29.9 Å². The molecule has 1 rings (SSSR count). The zero-order valence-corrected chi connectivity index (χ0v) is 5.87. The van der Waals surface area contributed by atoms with Crippen molar-refractivity contribution in [3.8, 4) is 0 Å². The molecule has 0 aliphatic carbocycles. The van der Waals surface area contributed by atoms with Crippen molar-refractivity contribution in [1.29, 1.82) is 5.41 Å². The van der Waals surface area contributed by atoms with Crippen LogP contribution in [0.1, 0.15) is 0 Å². The van der Waals surface area contributed by atoms with Gasteiger partial charge in [-0.2, -0.15) is 0 Å². The van der Waals surface area contributed by atoms with Crippen LogP contribution in [-0.4, -0.2) is 4.98 Å². The zero-order valence-electron chi connectivity index (χ0n) is 4.31. The van der Waals surface area contributed by atoms with E-state index in [0.717, 1.165) is 0 Å². The fourth-order valence-corrected chi connectivity index (χ4v) is 0.393. The first-order valence-electron chi connectivity index (χ1n) is 2.08. The maximum absolute atomic E-state index is 6.94. The topological polar surface area (TPSA) is 39.6 Å². The number of pyridine rings is 1. The van der Waals surface area contributed by atoms with Gasteiger partial charge in [0.2, 0.25) is 0 Å². The Morgan fingerprint density at radius 3 is 2.38 bits per heavy atom. The molecule has 0 aromatic carbocycles.